The van der Waals surface area contributed by atoms with Crippen LogP contribution in [0.15, 0.2) is 50.6 Å². The molecule has 0 saturated heterocycles. The third-order valence-corrected chi connectivity index (χ3v) is 2.84. The molecule has 1 amide bonds. The fourth-order valence-corrected chi connectivity index (χ4v) is 1.89. The Kier molecular flexibility index (Phi) is 3.62. The maximum Gasteiger partial charge on any atom is 0.349 e. The van der Waals surface area contributed by atoms with E-state index in [2.05, 4.69) is 27.8 Å². The van der Waals surface area contributed by atoms with Crippen LogP contribution in [0.5, 0.6) is 0 Å². The monoisotopic (exact) mass is 307 g/mol. The van der Waals surface area contributed by atoms with Crippen molar-refractivity contribution >= 4 is 32.8 Å². The van der Waals surface area contributed by atoms with Crippen molar-refractivity contribution in [2.75, 3.05) is 6.54 Å². The molecule has 0 aliphatic carbocycles. The van der Waals surface area contributed by atoms with Gasteiger partial charge in [-0.05, 0) is 24.3 Å². The second-order valence-corrected chi connectivity index (χ2v) is 4.54. The van der Waals surface area contributed by atoms with Gasteiger partial charge in [0.1, 0.15) is 11.1 Å². The maximum absolute atomic E-state index is 11.7. The molecular formula is C13H10BrNO3. The Labute approximate surface area is 111 Å². The van der Waals surface area contributed by atoms with E-state index >= 15 is 0 Å². The van der Waals surface area contributed by atoms with E-state index in [1.165, 1.54) is 12.1 Å². The zero-order valence-electron chi connectivity index (χ0n) is 9.40. The van der Waals surface area contributed by atoms with Crippen molar-refractivity contribution in [2.45, 2.75) is 0 Å². The van der Waals surface area contributed by atoms with Crippen molar-refractivity contribution in [3.8, 4) is 0 Å². The van der Waals surface area contributed by atoms with Gasteiger partial charge in [-0.25, -0.2) is 4.79 Å². The molecule has 1 aromatic heterocycles. The molecular weight excluding hydrogens is 298 g/mol. The summed E-state index contributed by atoms with van der Waals surface area (Å²) in [5, 5.41) is 3.23. The van der Waals surface area contributed by atoms with Gasteiger partial charge in [0.2, 0.25) is 0 Å². The number of benzene rings is 1. The summed E-state index contributed by atoms with van der Waals surface area (Å²) in [6.07, 6.45) is 1.54. The van der Waals surface area contributed by atoms with Crippen LogP contribution >= 0.6 is 15.9 Å². The van der Waals surface area contributed by atoms with Crippen LogP contribution in [-0.4, -0.2) is 12.5 Å². The molecule has 0 saturated carbocycles. The molecule has 1 aromatic carbocycles. The highest BCUT2D eigenvalue weighted by Crippen LogP contribution is 2.19. The Morgan fingerprint density at radius 1 is 1.44 bits per heavy atom. The van der Waals surface area contributed by atoms with Crippen LogP contribution in [0.3, 0.4) is 0 Å². The number of halogens is 1. The van der Waals surface area contributed by atoms with Gasteiger partial charge in [-0.15, -0.1) is 6.58 Å². The number of amides is 1. The summed E-state index contributed by atoms with van der Waals surface area (Å²) in [4.78, 5) is 23.4. The molecule has 0 unspecified atom stereocenters. The Morgan fingerprint density at radius 3 is 2.94 bits per heavy atom. The lowest BCUT2D eigenvalue weighted by Gasteiger charge is -2.03. The first-order valence-electron chi connectivity index (χ1n) is 5.24. The van der Waals surface area contributed by atoms with Crippen molar-refractivity contribution in [3.63, 3.8) is 0 Å². The minimum absolute atomic E-state index is 0.0116. The lowest BCUT2D eigenvalue weighted by atomic mass is 10.2. The van der Waals surface area contributed by atoms with Gasteiger partial charge in [-0.3, -0.25) is 4.79 Å². The summed E-state index contributed by atoms with van der Waals surface area (Å²) in [6.45, 7) is 3.79. The first-order valence-corrected chi connectivity index (χ1v) is 6.03. The van der Waals surface area contributed by atoms with Crippen LogP contribution in [0.1, 0.15) is 10.4 Å². The molecule has 92 valence electrons. The topological polar surface area (TPSA) is 59.3 Å². The smallest absolute Gasteiger partial charge is 0.349 e. The molecule has 18 heavy (non-hydrogen) atoms. The van der Waals surface area contributed by atoms with E-state index in [9.17, 15) is 9.59 Å². The standard InChI is InChI=1S/C13H10BrNO3/c1-2-5-15-12(16)10-7-8-6-9(14)3-4-11(8)18-13(10)17/h2-4,6-7H,1,5H2,(H,15,16). The van der Waals surface area contributed by atoms with Crippen LogP contribution < -0.4 is 10.9 Å². The predicted molar refractivity (Wildman–Crippen MR) is 72.7 cm³/mol. The third kappa shape index (κ3) is 2.51. The highest BCUT2D eigenvalue weighted by Gasteiger charge is 2.12. The molecule has 0 atom stereocenters. The molecule has 1 heterocycles. The number of rotatable bonds is 3. The zero-order chi connectivity index (χ0) is 13.1. The number of hydrogen-bond donors (Lipinski definition) is 1. The van der Waals surface area contributed by atoms with Crippen LogP contribution in [0.4, 0.5) is 0 Å². The van der Waals surface area contributed by atoms with E-state index in [0.29, 0.717) is 17.5 Å². The average molecular weight is 308 g/mol. The average Bonchev–Trinajstić information content (AvgIpc) is 2.35. The normalized spacial score (nSPS) is 10.3. The molecule has 0 aliphatic heterocycles. The van der Waals surface area contributed by atoms with Gasteiger partial charge >= 0.3 is 5.63 Å². The summed E-state index contributed by atoms with van der Waals surface area (Å²) in [5.74, 6) is -0.467. The largest absolute Gasteiger partial charge is 0.422 e. The van der Waals surface area contributed by atoms with E-state index in [4.69, 9.17) is 4.42 Å². The molecule has 0 bridgehead atoms. The van der Waals surface area contributed by atoms with Gasteiger partial charge in [-0.1, -0.05) is 22.0 Å². The van der Waals surface area contributed by atoms with Gasteiger partial charge in [0.15, 0.2) is 0 Å². The summed E-state index contributed by atoms with van der Waals surface area (Å²) < 4.78 is 5.93. The SMILES string of the molecule is C=CCNC(=O)c1cc2cc(Br)ccc2oc1=O. The van der Waals surface area contributed by atoms with Gasteiger partial charge in [0.25, 0.3) is 5.91 Å². The van der Waals surface area contributed by atoms with Crippen LogP contribution in [0, 0.1) is 0 Å². The lowest BCUT2D eigenvalue weighted by Crippen LogP contribution is -2.28. The number of fused-ring (bicyclic) bond motifs is 1. The Hall–Kier alpha value is -1.88. The lowest BCUT2D eigenvalue weighted by molar-refractivity contribution is 0.0954. The van der Waals surface area contributed by atoms with E-state index in [0.717, 1.165) is 4.47 Å². The van der Waals surface area contributed by atoms with E-state index < -0.39 is 11.5 Å². The van der Waals surface area contributed by atoms with Crippen molar-refractivity contribution in [1.29, 1.82) is 0 Å². The second-order valence-electron chi connectivity index (χ2n) is 3.63. The van der Waals surface area contributed by atoms with Gasteiger partial charge in [0, 0.05) is 16.4 Å². The number of carbonyl (C=O) groups excluding carboxylic acids is 1. The molecule has 4 nitrogen and oxygen atoms in total. The van der Waals surface area contributed by atoms with E-state index in [1.54, 1.807) is 18.2 Å². The Balaban J connectivity index is 2.51. The van der Waals surface area contributed by atoms with E-state index in [-0.39, 0.29) is 5.56 Å². The summed E-state index contributed by atoms with van der Waals surface area (Å²) in [5.41, 5.74) is -0.211. The highest BCUT2D eigenvalue weighted by atomic mass is 79.9. The molecule has 2 aromatic rings. The van der Waals surface area contributed by atoms with Gasteiger partial charge in [0.05, 0.1) is 0 Å². The number of carbonyl (C=O) groups is 1. The number of nitrogens with one attached hydrogen (secondary N) is 1. The van der Waals surface area contributed by atoms with Gasteiger partial charge < -0.3 is 9.73 Å². The molecule has 0 radical (unpaired) electrons. The Bertz CT molecular complexity index is 675. The molecule has 2 rings (SSSR count). The van der Waals surface area contributed by atoms with Crippen molar-refractivity contribution in [2.24, 2.45) is 0 Å². The molecule has 0 spiro atoms. The minimum atomic E-state index is -0.647. The van der Waals surface area contributed by atoms with Gasteiger partial charge in [-0.2, -0.15) is 0 Å². The fourth-order valence-electron chi connectivity index (χ4n) is 1.51. The summed E-state index contributed by atoms with van der Waals surface area (Å²) >= 11 is 3.32. The van der Waals surface area contributed by atoms with Crippen molar-refractivity contribution in [3.05, 3.63) is 57.4 Å². The molecule has 0 aliphatic rings. The summed E-state index contributed by atoms with van der Waals surface area (Å²) in [7, 11) is 0. The third-order valence-electron chi connectivity index (χ3n) is 2.35. The van der Waals surface area contributed by atoms with Crippen LogP contribution in [0.2, 0.25) is 0 Å². The Morgan fingerprint density at radius 2 is 2.22 bits per heavy atom. The quantitative estimate of drug-likeness (QED) is 0.700. The highest BCUT2D eigenvalue weighted by molar-refractivity contribution is 9.10. The minimum Gasteiger partial charge on any atom is -0.422 e. The maximum atomic E-state index is 11.7. The molecule has 1 N–H and O–H groups in total. The van der Waals surface area contributed by atoms with Crippen LogP contribution in [-0.2, 0) is 0 Å². The van der Waals surface area contributed by atoms with Crippen molar-refractivity contribution in [1.82, 2.24) is 5.32 Å². The second kappa shape index (κ2) is 5.18. The molecule has 5 heteroatoms. The fraction of sp³-hybridized carbons (Fsp3) is 0.0769. The first-order chi connectivity index (χ1) is 8.61. The van der Waals surface area contributed by atoms with Crippen molar-refractivity contribution < 1.29 is 9.21 Å². The first kappa shape index (κ1) is 12.6. The number of hydrogen-bond acceptors (Lipinski definition) is 3. The van der Waals surface area contributed by atoms with E-state index in [1.807, 2.05) is 0 Å². The predicted octanol–water partition coefficient (Wildman–Crippen LogP) is 2.47. The zero-order valence-corrected chi connectivity index (χ0v) is 11.0. The van der Waals surface area contributed by atoms with Crippen LogP contribution in [0.25, 0.3) is 11.0 Å². The molecule has 0 fully saturated rings. The summed E-state index contributed by atoms with van der Waals surface area (Å²) in [6, 6.07) is 6.74.